The van der Waals surface area contributed by atoms with Gasteiger partial charge in [-0.15, -0.1) is 22.7 Å². The average molecular weight is 406 g/mol. The van der Waals surface area contributed by atoms with Crippen molar-refractivity contribution in [1.29, 1.82) is 0 Å². The predicted octanol–water partition coefficient (Wildman–Crippen LogP) is 3.71. The van der Waals surface area contributed by atoms with Crippen LogP contribution in [-0.4, -0.2) is 42.3 Å². The van der Waals surface area contributed by atoms with Crippen molar-refractivity contribution < 1.29 is 19.4 Å². The normalized spacial score (nSPS) is 19.2. The second kappa shape index (κ2) is 8.76. The molecule has 2 aromatic rings. The molecule has 2 heterocycles. The first-order valence-corrected chi connectivity index (χ1v) is 10.5. The summed E-state index contributed by atoms with van der Waals surface area (Å²) in [5.74, 6) is -0.601. The number of methoxy groups -OCH3 is 1. The lowest BCUT2D eigenvalue weighted by Gasteiger charge is -2.26. The first kappa shape index (κ1) is 19.7. The van der Waals surface area contributed by atoms with Crippen LogP contribution in [0, 0.1) is 0 Å². The summed E-state index contributed by atoms with van der Waals surface area (Å²) in [6.07, 6.45) is 5.51. The number of carbonyl (C=O) groups excluding carboxylic acids is 1. The van der Waals surface area contributed by atoms with Gasteiger partial charge in [-0.25, -0.2) is 4.79 Å². The zero-order chi connectivity index (χ0) is 19.3. The van der Waals surface area contributed by atoms with Gasteiger partial charge in [0.2, 0.25) is 5.60 Å². The van der Waals surface area contributed by atoms with Crippen molar-refractivity contribution >= 4 is 28.6 Å². The van der Waals surface area contributed by atoms with Crippen LogP contribution in [0.2, 0.25) is 0 Å². The molecule has 27 heavy (non-hydrogen) atoms. The molecule has 0 radical (unpaired) electrons. The fourth-order valence-electron chi connectivity index (χ4n) is 3.24. The third-order valence-electron chi connectivity index (χ3n) is 4.72. The fraction of sp³-hybridized carbons (Fsp3) is 0.400. The summed E-state index contributed by atoms with van der Waals surface area (Å²) in [4.78, 5) is 16.2. The highest BCUT2D eigenvalue weighted by molar-refractivity contribution is 7.12. The standard InChI is InChI=1S/C20H23NO4S2/c1-21(10-5-11-24-2)15-8-9-16(14-15)25-19(22)20(23,17-6-3-12-26-17)18-7-4-13-27-18/h3-4,6-7,10-13,15-16,23H,8-9,14H2,1-2H3. The number of rotatable bonds is 7. The van der Waals surface area contributed by atoms with Gasteiger partial charge in [0, 0.05) is 25.7 Å². The Morgan fingerprint density at radius 2 is 1.96 bits per heavy atom. The number of thiophene rings is 2. The van der Waals surface area contributed by atoms with Crippen molar-refractivity contribution in [3.05, 3.63) is 63.0 Å². The van der Waals surface area contributed by atoms with Gasteiger partial charge in [-0.2, -0.15) is 0 Å². The van der Waals surface area contributed by atoms with Crippen LogP contribution in [0.15, 0.2) is 53.2 Å². The molecule has 3 rings (SSSR count). The van der Waals surface area contributed by atoms with Crippen molar-refractivity contribution in [2.45, 2.75) is 37.0 Å². The van der Waals surface area contributed by atoms with Gasteiger partial charge in [0.25, 0.3) is 0 Å². The van der Waals surface area contributed by atoms with E-state index in [1.54, 1.807) is 19.2 Å². The number of aliphatic hydroxyl groups is 1. The molecule has 0 aliphatic heterocycles. The predicted molar refractivity (Wildman–Crippen MR) is 107 cm³/mol. The van der Waals surface area contributed by atoms with E-state index in [0.717, 1.165) is 19.3 Å². The molecule has 1 saturated carbocycles. The van der Waals surface area contributed by atoms with Crippen LogP contribution in [0.4, 0.5) is 0 Å². The molecule has 0 spiro atoms. The summed E-state index contributed by atoms with van der Waals surface area (Å²) in [5.41, 5.74) is 1.19. The molecule has 0 bridgehead atoms. The van der Waals surface area contributed by atoms with E-state index >= 15 is 0 Å². The Bertz CT molecular complexity index is 760. The maximum atomic E-state index is 13.0. The number of nitrogens with zero attached hydrogens (tertiary/aromatic N) is 1. The van der Waals surface area contributed by atoms with E-state index in [0.29, 0.717) is 9.75 Å². The second-order valence-corrected chi connectivity index (χ2v) is 8.37. The highest BCUT2D eigenvalue weighted by Crippen LogP contribution is 2.38. The molecule has 144 valence electrons. The smallest absolute Gasteiger partial charge is 0.349 e. The topological polar surface area (TPSA) is 59.0 Å². The largest absolute Gasteiger partial charge is 0.496 e. The maximum Gasteiger partial charge on any atom is 0.349 e. The Balaban J connectivity index is 1.70. The number of hydrogen-bond donors (Lipinski definition) is 1. The summed E-state index contributed by atoms with van der Waals surface area (Å²) >= 11 is 2.70. The van der Waals surface area contributed by atoms with E-state index in [4.69, 9.17) is 9.47 Å². The lowest BCUT2D eigenvalue weighted by Crippen LogP contribution is -2.39. The molecule has 2 unspecified atom stereocenters. The molecule has 7 heteroatoms. The SMILES string of the molecule is COC=C=CN(C)C1CCC(OC(=O)C(O)(c2cccs2)c2cccs2)C1. The second-order valence-electron chi connectivity index (χ2n) is 6.47. The first-order valence-electron chi connectivity index (χ1n) is 8.73. The number of esters is 1. The molecule has 5 nitrogen and oxygen atoms in total. The molecule has 1 aliphatic rings. The van der Waals surface area contributed by atoms with E-state index in [1.165, 1.54) is 28.9 Å². The molecule has 0 saturated heterocycles. The average Bonchev–Trinajstić information content (AvgIpc) is 3.43. The molecule has 0 amide bonds. The van der Waals surface area contributed by atoms with Gasteiger partial charge in [0.15, 0.2) is 0 Å². The molecular formula is C20H23NO4S2. The molecule has 1 N–H and O–H groups in total. The molecule has 2 aromatic heterocycles. The minimum absolute atomic E-state index is 0.212. The van der Waals surface area contributed by atoms with Gasteiger partial charge in [0.05, 0.1) is 16.9 Å². The van der Waals surface area contributed by atoms with E-state index in [9.17, 15) is 9.90 Å². The Morgan fingerprint density at radius 1 is 1.30 bits per heavy atom. The van der Waals surface area contributed by atoms with Crippen molar-refractivity contribution in [3.8, 4) is 0 Å². The fourth-order valence-corrected chi connectivity index (χ4v) is 4.96. The van der Waals surface area contributed by atoms with Crippen LogP contribution >= 0.6 is 22.7 Å². The Kier molecular flexibility index (Phi) is 6.39. The quantitative estimate of drug-likeness (QED) is 0.432. The highest BCUT2D eigenvalue weighted by Gasteiger charge is 2.45. The lowest BCUT2D eigenvalue weighted by atomic mass is 10.00. The van der Waals surface area contributed by atoms with Crippen LogP contribution in [0.1, 0.15) is 29.0 Å². The summed E-state index contributed by atoms with van der Waals surface area (Å²) in [6, 6.07) is 7.45. The van der Waals surface area contributed by atoms with E-state index < -0.39 is 11.6 Å². The van der Waals surface area contributed by atoms with Gasteiger partial charge in [-0.1, -0.05) is 17.9 Å². The van der Waals surface area contributed by atoms with E-state index in [2.05, 4.69) is 5.73 Å². The summed E-state index contributed by atoms with van der Waals surface area (Å²) in [7, 11) is 3.55. The zero-order valence-electron chi connectivity index (χ0n) is 15.3. The van der Waals surface area contributed by atoms with Crippen molar-refractivity contribution in [2.24, 2.45) is 0 Å². The summed E-state index contributed by atoms with van der Waals surface area (Å²) < 4.78 is 10.6. The minimum Gasteiger partial charge on any atom is -0.496 e. The van der Waals surface area contributed by atoms with E-state index in [-0.39, 0.29) is 12.1 Å². The lowest BCUT2D eigenvalue weighted by molar-refractivity contribution is -0.167. The first-order chi connectivity index (χ1) is 13.1. The Labute approximate surface area is 167 Å². The molecular weight excluding hydrogens is 382 g/mol. The molecule has 2 atom stereocenters. The van der Waals surface area contributed by atoms with Crippen LogP contribution in [0.5, 0.6) is 0 Å². The maximum absolute atomic E-state index is 13.0. The molecule has 1 fully saturated rings. The molecule has 1 aliphatic carbocycles. The van der Waals surface area contributed by atoms with Crippen molar-refractivity contribution in [3.63, 3.8) is 0 Å². The van der Waals surface area contributed by atoms with Crippen molar-refractivity contribution in [2.75, 3.05) is 14.2 Å². The number of ether oxygens (including phenoxy) is 2. The van der Waals surface area contributed by atoms with Crippen molar-refractivity contribution in [1.82, 2.24) is 4.90 Å². The van der Waals surface area contributed by atoms with Crippen LogP contribution in [0.3, 0.4) is 0 Å². The summed E-state index contributed by atoms with van der Waals surface area (Å²) in [5, 5.41) is 15.0. The van der Waals surface area contributed by atoms with Crippen LogP contribution in [-0.2, 0) is 19.9 Å². The third kappa shape index (κ3) is 4.28. The van der Waals surface area contributed by atoms with Gasteiger partial charge < -0.3 is 19.5 Å². The third-order valence-corrected chi connectivity index (χ3v) is 6.68. The molecule has 0 aromatic carbocycles. The number of carbonyl (C=O) groups is 1. The number of hydrogen-bond acceptors (Lipinski definition) is 7. The minimum atomic E-state index is -1.74. The van der Waals surface area contributed by atoms with Crippen LogP contribution in [0.25, 0.3) is 0 Å². The zero-order valence-corrected chi connectivity index (χ0v) is 17.0. The van der Waals surface area contributed by atoms with E-state index in [1.807, 2.05) is 41.0 Å². The monoisotopic (exact) mass is 405 g/mol. The van der Waals surface area contributed by atoms with Gasteiger partial charge in [-0.3, -0.25) is 0 Å². The van der Waals surface area contributed by atoms with Gasteiger partial charge in [0.1, 0.15) is 12.4 Å². The Morgan fingerprint density at radius 3 is 2.52 bits per heavy atom. The van der Waals surface area contributed by atoms with Crippen LogP contribution < -0.4 is 0 Å². The van der Waals surface area contributed by atoms with Gasteiger partial charge >= 0.3 is 5.97 Å². The summed E-state index contributed by atoms with van der Waals surface area (Å²) in [6.45, 7) is 0. The Hall–Kier alpha value is -2.05. The van der Waals surface area contributed by atoms with Gasteiger partial charge in [-0.05, 0) is 35.7 Å². The highest BCUT2D eigenvalue weighted by atomic mass is 32.1.